The van der Waals surface area contributed by atoms with E-state index in [0.29, 0.717) is 11.6 Å². The smallest absolute Gasteiger partial charge is 0.128 e. The minimum absolute atomic E-state index is 0.128. The molecule has 1 aromatic carbocycles. The molecule has 0 radical (unpaired) electrons. The van der Waals surface area contributed by atoms with E-state index in [0.717, 1.165) is 31.6 Å². The number of hydrogen-bond donors (Lipinski definition) is 2. The van der Waals surface area contributed by atoms with Gasteiger partial charge in [-0.25, -0.2) is 4.39 Å². The minimum Gasteiger partial charge on any atom is -0.382 e. The van der Waals surface area contributed by atoms with Gasteiger partial charge in [-0.15, -0.1) is 0 Å². The van der Waals surface area contributed by atoms with E-state index >= 15 is 0 Å². The summed E-state index contributed by atoms with van der Waals surface area (Å²) in [4.78, 5) is 0. The van der Waals surface area contributed by atoms with Crippen LogP contribution in [0.1, 0.15) is 24.8 Å². The number of rotatable bonds is 2. The van der Waals surface area contributed by atoms with E-state index in [2.05, 4.69) is 10.6 Å². The predicted molar refractivity (Wildman–Crippen MR) is 65.3 cm³/mol. The molecule has 0 saturated carbocycles. The fraction of sp³-hybridized carbons (Fsp3) is 0.538. The third kappa shape index (κ3) is 2.95. The van der Waals surface area contributed by atoms with Crippen LogP contribution in [-0.2, 0) is 0 Å². The lowest BCUT2D eigenvalue weighted by molar-refractivity contribution is 0.614. The summed E-state index contributed by atoms with van der Waals surface area (Å²) in [5.41, 5.74) is 1.60. The van der Waals surface area contributed by atoms with Crippen molar-refractivity contribution in [2.45, 2.75) is 32.2 Å². The van der Waals surface area contributed by atoms with Crippen molar-refractivity contribution < 1.29 is 4.39 Å². The summed E-state index contributed by atoms with van der Waals surface area (Å²) in [5, 5.41) is 6.78. The molecule has 2 nitrogen and oxygen atoms in total. The van der Waals surface area contributed by atoms with Crippen molar-refractivity contribution in [2.24, 2.45) is 0 Å². The SMILES string of the molecule is Cc1ccc(NC2CCCNCC2)cc1F. The first-order valence-corrected chi connectivity index (χ1v) is 5.99. The molecule has 2 rings (SSSR count). The lowest BCUT2D eigenvalue weighted by Crippen LogP contribution is -2.21. The van der Waals surface area contributed by atoms with Gasteiger partial charge in [0.2, 0.25) is 0 Å². The van der Waals surface area contributed by atoms with Crippen LogP contribution in [0.25, 0.3) is 0 Å². The zero-order chi connectivity index (χ0) is 11.4. The summed E-state index contributed by atoms with van der Waals surface area (Å²) in [6.45, 7) is 3.93. The number of anilines is 1. The van der Waals surface area contributed by atoms with E-state index in [1.54, 1.807) is 13.0 Å². The first-order valence-electron chi connectivity index (χ1n) is 5.99. The molecule has 16 heavy (non-hydrogen) atoms. The normalized spacial score (nSPS) is 21.5. The fourth-order valence-electron chi connectivity index (χ4n) is 2.08. The number of benzene rings is 1. The third-order valence-corrected chi connectivity index (χ3v) is 3.12. The van der Waals surface area contributed by atoms with Crippen LogP contribution < -0.4 is 10.6 Å². The van der Waals surface area contributed by atoms with Crippen molar-refractivity contribution in [3.8, 4) is 0 Å². The molecule has 0 bridgehead atoms. The highest BCUT2D eigenvalue weighted by molar-refractivity contribution is 5.46. The van der Waals surface area contributed by atoms with Crippen molar-refractivity contribution in [3.05, 3.63) is 29.6 Å². The molecule has 1 unspecified atom stereocenters. The van der Waals surface area contributed by atoms with Gasteiger partial charge in [0.15, 0.2) is 0 Å². The Labute approximate surface area is 96.2 Å². The van der Waals surface area contributed by atoms with Crippen LogP contribution in [0, 0.1) is 12.7 Å². The first-order chi connectivity index (χ1) is 7.75. The van der Waals surface area contributed by atoms with Gasteiger partial charge in [-0.2, -0.15) is 0 Å². The Morgan fingerprint density at radius 3 is 3.00 bits per heavy atom. The van der Waals surface area contributed by atoms with E-state index in [4.69, 9.17) is 0 Å². The van der Waals surface area contributed by atoms with E-state index in [-0.39, 0.29) is 5.82 Å². The Kier molecular flexibility index (Phi) is 3.78. The minimum atomic E-state index is -0.128. The summed E-state index contributed by atoms with van der Waals surface area (Å²) in [6.07, 6.45) is 3.45. The molecule has 1 aliphatic heterocycles. The van der Waals surface area contributed by atoms with Crippen molar-refractivity contribution >= 4 is 5.69 Å². The molecule has 1 aliphatic rings. The summed E-state index contributed by atoms with van der Waals surface area (Å²) < 4.78 is 13.4. The van der Waals surface area contributed by atoms with Crippen LogP contribution in [0.2, 0.25) is 0 Å². The number of halogens is 1. The molecule has 1 aromatic rings. The lowest BCUT2D eigenvalue weighted by atomic mass is 10.1. The molecule has 2 N–H and O–H groups in total. The van der Waals surface area contributed by atoms with Crippen LogP contribution in [0.5, 0.6) is 0 Å². The number of hydrogen-bond acceptors (Lipinski definition) is 2. The molecule has 3 heteroatoms. The maximum absolute atomic E-state index is 13.4. The van der Waals surface area contributed by atoms with Crippen LogP contribution in [0.3, 0.4) is 0 Å². The topological polar surface area (TPSA) is 24.1 Å². The third-order valence-electron chi connectivity index (χ3n) is 3.12. The Balaban J connectivity index is 1.99. The molecule has 88 valence electrons. The van der Waals surface area contributed by atoms with E-state index in [1.807, 2.05) is 12.1 Å². The Bertz CT molecular complexity index is 344. The van der Waals surface area contributed by atoms with Crippen molar-refractivity contribution in [2.75, 3.05) is 18.4 Å². The second-order valence-corrected chi connectivity index (χ2v) is 4.49. The average Bonchev–Trinajstić information content (AvgIpc) is 2.52. The predicted octanol–water partition coefficient (Wildman–Crippen LogP) is 2.69. The highest BCUT2D eigenvalue weighted by Gasteiger charge is 2.11. The van der Waals surface area contributed by atoms with E-state index in [9.17, 15) is 4.39 Å². The second kappa shape index (κ2) is 5.30. The Morgan fingerprint density at radius 2 is 2.19 bits per heavy atom. The summed E-state index contributed by atoms with van der Waals surface area (Å²) in [7, 11) is 0. The molecule has 0 aliphatic carbocycles. The fourth-order valence-corrected chi connectivity index (χ4v) is 2.08. The van der Waals surface area contributed by atoms with Gasteiger partial charge in [0.1, 0.15) is 5.82 Å². The van der Waals surface area contributed by atoms with Crippen LogP contribution in [0.4, 0.5) is 10.1 Å². The molecular weight excluding hydrogens is 203 g/mol. The Hall–Kier alpha value is -1.09. The molecule has 0 spiro atoms. The van der Waals surface area contributed by atoms with Gasteiger partial charge in [-0.05, 0) is 57.0 Å². The van der Waals surface area contributed by atoms with Crippen LogP contribution in [0.15, 0.2) is 18.2 Å². The van der Waals surface area contributed by atoms with Gasteiger partial charge in [0, 0.05) is 11.7 Å². The van der Waals surface area contributed by atoms with Gasteiger partial charge in [-0.1, -0.05) is 6.07 Å². The van der Waals surface area contributed by atoms with Gasteiger partial charge in [0.25, 0.3) is 0 Å². The van der Waals surface area contributed by atoms with Crippen molar-refractivity contribution in [3.63, 3.8) is 0 Å². The maximum atomic E-state index is 13.4. The standard InChI is InChI=1S/C13H19FN2/c1-10-4-5-12(9-13(10)14)16-11-3-2-7-15-8-6-11/h4-5,9,11,15-16H,2-3,6-8H2,1H3. The number of aryl methyl sites for hydroxylation is 1. The largest absolute Gasteiger partial charge is 0.382 e. The summed E-state index contributed by atoms with van der Waals surface area (Å²) in [6, 6.07) is 5.84. The first kappa shape index (κ1) is 11.4. The van der Waals surface area contributed by atoms with Gasteiger partial charge < -0.3 is 10.6 Å². The zero-order valence-corrected chi connectivity index (χ0v) is 9.72. The molecular formula is C13H19FN2. The lowest BCUT2D eigenvalue weighted by Gasteiger charge is -2.17. The molecule has 0 aromatic heterocycles. The van der Waals surface area contributed by atoms with Crippen LogP contribution in [-0.4, -0.2) is 19.1 Å². The molecule has 1 fully saturated rings. The van der Waals surface area contributed by atoms with Gasteiger partial charge in [0.05, 0.1) is 0 Å². The van der Waals surface area contributed by atoms with Crippen molar-refractivity contribution in [1.29, 1.82) is 0 Å². The zero-order valence-electron chi connectivity index (χ0n) is 9.72. The van der Waals surface area contributed by atoms with Crippen molar-refractivity contribution in [1.82, 2.24) is 5.32 Å². The monoisotopic (exact) mass is 222 g/mol. The highest BCUT2D eigenvalue weighted by atomic mass is 19.1. The van der Waals surface area contributed by atoms with E-state index < -0.39 is 0 Å². The Morgan fingerprint density at radius 1 is 1.31 bits per heavy atom. The quantitative estimate of drug-likeness (QED) is 0.804. The summed E-state index contributed by atoms with van der Waals surface area (Å²) in [5.74, 6) is -0.128. The molecule has 1 saturated heterocycles. The van der Waals surface area contributed by atoms with E-state index in [1.165, 1.54) is 6.42 Å². The molecule has 0 amide bonds. The average molecular weight is 222 g/mol. The van der Waals surface area contributed by atoms with Crippen LogP contribution >= 0.6 is 0 Å². The maximum Gasteiger partial charge on any atom is 0.128 e. The van der Waals surface area contributed by atoms with Gasteiger partial charge >= 0.3 is 0 Å². The second-order valence-electron chi connectivity index (χ2n) is 4.49. The molecule has 1 atom stereocenters. The molecule has 1 heterocycles. The highest BCUT2D eigenvalue weighted by Crippen LogP contribution is 2.17. The summed E-state index contributed by atoms with van der Waals surface area (Å²) >= 11 is 0. The number of nitrogens with one attached hydrogen (secondary N) is 2. The van der Waals surface area contributed by atoms with Gasteiger partial charge in [-0.3, -0.25) is 0 Å².